The molecule has 40 heavy (non-hydrogen) atoms. The van der Waals surface area contributed by atoms with Gasteiger partial charge in [0, 0.05) is 28.7 Å². The third kappa shape index (κ3) is 7.98. The van der Waals surface area contributed by atoms with Crippen LogP contribution in [0.2, 0.25) is 5.02 Å². The van der Waals surface area contributed by atoms with Crippen LogP contribution in [0.5, 0.6) is 0 Å². The number of rotatable bonds is 8. The molecule has 3 aromatic carbocycles. The van der Waals surface area contributed by atoms with E-state index < -0.39 is 23.6 Å². The van der Waals surface area contributed by atoms with Crippen molar-refractivity contribution < 1.29 is 27.6 Å². The van der Waals surface area contributed by atoms with E-state index in [0.717, 1.165) is 37.8 Å². The molecular formula is C29H28ClF3N4O3. The Morgan fingerprint density at radius 3 is 2.23 bits per heavy atom. The molecule has 0 unspecified atom stereocenters. The molecular weight excluding hydrogens is 545 g/mol. The number of carbonyl (C=O) groups excluding carboxylic acids is 3. The van der Waals surface area contributed by atoms with E-state index in [-0.39, 0.29) is 29.7 Å². The van der Waals surface area contributed by atoms with Gasteiger partial charge in [0.25, 0.3) is 11.8 Å². The van der Waals surface area contributed by atoms with Crippen LogP contribution in [0.15, 0.2) is 66.7 Å². The molecule has 0 aromatic heterocycles. The number of benzene rings is 3. The minimum Gasteiger partial charge on any atom is -0.376 e. The second-order valence-electron chi connectivity index (χ2n) is 9.52. The monoisotopic (exact) mass is 572 g/mol. The number of halogens is 4. The Morgan fingerprint density at radius 2 is 1.50 bits per heavy atom. The van der Waals surface area contributed by atoms with Crippen LogP contribution in [0.25, 0.3) is 0 Å². The zero-order valence-corrected chi connectivity index (χ0v) is 22.2. The van der Waals surface area contributed by atoms with Crippen LogP contribution in [0, 0.1) is 0 Å². The summed E-state index contributed by atoms with van der Waals surface area (Å²) in [5.41, 5.74) is 0.436. The smallest absolute Gasteiger partial charge is 0.376 e. The maximum absolute atomic E-state index is 13.0. The van der Waals surface area contributed by atoms with Gasteiger partial charge in [-0.25, -0.2) is 0 Å². The second kappa shape index (κ2) is 12.9. The van der Waals surface area contributed by atoms with Gasteiger partial charge in [-0.3, -0.25) is 14.4 Å². The summed E-state index contributed by atoms with van der Waals surface area (Å²) in [7, 11) is 0. The fraction of sp³-hybridized carbons (Fsp3) is 0.276. The number of nitrogens with one attached hydrogen (secondary N) is 4. The third-order valence-corrected chi connectivity index (χ3v) is 6.79. The molecule has 4 rings (SSSR count). The van der Waals surface area contributed by atoms with Crippen LogP contribution in [-0.2, 0) is 11.0 Å². The summed E-state index contributed by atoms with van der Waals surface area (Å²) in [4.78, 5) is 37.9. The lowest BCUT2D eigenvalue weighted by atomic mass is 9.95. The summed E-state index contributed by atoms with van der Waals surface area (Å²) in [6.45, 7) is -0.133. The number of amides is 3. The molecule has 0 atom stereocenters. The third-order valence-electron chi connectivity index (χ3n) is 6.46. The molecule has 3 aromatic rings. The number of hydrogen-bond acceptors (Lipinski definition) is 4. The van der Waals surface area contributed by atoms with Crippen molar-refractivity contribution in [2.75, 3.05) is 22.5 Å². The first-order valence-electron chi connectivity index (χ1n) is 12.8. The van der Waals surface area contributed by atoms with Crippen molar-refractivity contribution in [2.24, 2.45) is 0 Å². The normalized spacial score (nSPS) is 13.8. The van der Waals surface area contributed by atoms with Crippen LogP contribution in [0.4, 0.5) is 30.2 Å². The first kappa shape index (κ1) is 28.9. The molecule has 0 heterocycles. The second-order valence-corrected chi connectivity index (χ2v) is 9.93. The standard InChI is InChI=1S/C29H28ClF3N4O3/c30-25-13-12-21(16-24(25)28(40)36-20-8-2-1-3-9-20)34-17-26(38)35-22-10-4-6-18(14-22)27(39)37-23-11-5-7-19(15-23)29(31,32)33/h4-7,10-16,20,34H,1-3,8-9,17H2,(H,35,38)(H,36,40)(H,37,39). The van der Waals surface area contributed by atoms with Gasteiger partial charge in [0.05, 0.1) is 22.7 Å². The molecule has 0 saturated heterocycles. The predicted molar refractivity (Wildman–Crippen MR) is 149 cm³/mol. The fourth-order valence-corrected chi connectivity index (χ4v) is 4.62. The molecule has 0 bridgehead atoms. The van der Waals surface area contributed by atoms with E-state index in [1.807, 2.05) is 0 Å². The highest BCUT2D eigenvalue weighted by atomic mass is 35.5. The number of hydrogen-bond donors (Lipinski definition) is 4. The Morgan fingerprint density at radius 1 is 0.800 bits per heavy atom. The van der Waals surface area contributed by atoms with E-state index in [2.05, 4.69) is 21.3 Å². The Balaban J connectivity index is 1.33. The first-order chi connectivity index (χ1) is 19.1. The van der Waals surface area contributed by atoms with Crippen LogP contribution in [-0.4, -0.2) is 30.3 Å². The van der Waals surface area contributed by atoms with Crippen molar-refractivity contribution in [3.63, 3.8) is 0 Å². The van der Waals surface area contributed by atoms with Crippen molar-refractivity contribution >= 4 is 46.4 Å². The van der Waals surface area contributed by atoms with Gasteiger partial charge < -0.3 is 21.3 Å². The molecule has 0 aliphatic heterocycles. The van der Waals surface area contributed by atoms with Crippen molar-refractivity contribution in [3.05, 3.63) is 88.4 Å². The molecule has 3 amide bonds. The van der Waals surface area contributed by atoms with Gasteiger partial charge in [-0.05, 0) is 67.4 Å². The molecule has 1 aliphatic carbocycles. The van der Waals surface area contributed by atoms with Gasteiger partial charge in [0.15, 0.2) is 0 Å². The summed E-state index contributed by atoms with van der Waals surface area (Å²) in [5.74, 6) is -1.31. The summed E-state index contributed by atoms with van der Waals surface area (Å²) in [6, 6.07) is 15.3. The molecule has 4 N–H and O–H groups in total. The largest absolute Gasteiger partial charge is 0.416 e. The van der Waals surface area contributed by atoms with Crippen LogP contribution < -0.4 is 21.3 Å². The van der Waals surface area contributed by atoms with Gasteiger partial charge in [-0.15, -0.1) is 0 Å². The van der Waals surface area contributed by atoms with E-state index >= 15 is 0 Å². The molecule has 7 nitrogen and oxygen atoms in total. The first-order valence-corrected chi connectivity index (χ1v) is 13.2. The molecule has 1 saturated carbocycles. The topological polar surface area (TPSA) is 99.3 Å². The van der Waals surface area contributed by atoms with Crippen molar-refractivity contribution in [1.82, 2.24) is 5.32 Å². The van der Waals surface area contributed by atoms with E-state index in [1.54, 1.807) is 30.3 Å². The SMILES string of the molecule is O=C(CNc1ccc(Cl)c(C(=O)NC2CCCCC2)c1)Nc1cccc(C(=O)Nc2cccc(C(F)(F)F)c2)c1. The van der Waals surface area contributed by atoms with Crippen LogP contribution in [0.1, 0.15) is 58.4 Å². The quantitative estimate of drug-likeness (QED) is 0.241. The average Bonchev–Trinajstić information content (AvgIpc) is 2.93. The molecule has 210 valence electrons. The maximum Gasteiger partial charge on any atom is 0.416 e. The number of anilines is 3. The average molecular weight is 573 g/mol. The Bertz CT molecular complexity index is 1390. The minimum atomic E-state index is -4.53. The molecule has 1 aliphatic rings. The van der Waals surface area contributed by atoms with Gasteiger partial charge in [-0.1, -0.05) is 43.0 Å². The van der Waals surface area contributed by atoms with Crippen molar-refractivity contribution in [3.8, 4) is 0 Å². The Hall–Kier alpha value is -4.05. The molecule has 0 radical (unpaired) electrons. The summed E-state index contributed by atoms with van der Waals surface area (Å²) < 4.78 is 38.9. The van der Waals surface area contributed by atoms with Crippen molar-refractivity contribution in [1.29, 1.82) is 0 Å². The van der Waals surface area contributed by atoms with Crippen LogP contribution in [0.3, 0.4) is 0 Å². The lowest BCUT2D eigenvalue weighted by Crippen LogP contribution is -2.36. The van der Waals surface area contributed by atoms with E-state index in [4.69, 9.17) is 11.6 Å². The summed E-state index contributed by atoms with van der Waals surface area (Å²) in [5, 5.41) is 11.4. The van der Waals surface area contributed by atoms with Crippen molar-refractivity contribution in [2.45, 2.75) is 44.3 Å². The number of carbonyl (C=O) groups is 3. The number of alkyl halides is 3. The highest BCUT2D eigenvalue weighted by Gasteiger charge is 2.30. The summed E-state index contributed by atoms with van der Waals surface area (Å²) >= 11 is 6.25. The van der Waals surface area contributed by atoms with E-state index in [1.165, 1.54) is 30.7 Å². The predicted octanol–water partition coefficient (Wildman–Crippen LogP) is 6.72. The fourth-order valence-electron chi connectivity index (χ4n) is 4.42. The van der Waals surface area contributed by atoms with Gasteiger partial charge in [-0.2, -0.15) is 13.2 Å². The molecule has 1 fully saturated rings. The summed E-state index contributed by atoms with van der Waals surface area (Å²) in [6.07, 6.45) is 0.683. The minimum absolute atomic E-state index is 0.00628. The van der Waals surface area contributed by atoms with Gasteiger partial charge in [0.1, 0.15) is 0 Å². The van der Waals surface area contributed by atoms with Gasteiger partial charge >= 0.3 is 6.18 Å². The Labute approximate surface area is 234 Å². The van der Waals surface area contributed by atoms with Gasteiger partial charge in [0.2, 0.25) is 5.91 Å². The highest BCUT2D eigenvalue weighted by Crippen LogP contribution is 2.31. The van der Waals surface area contributed by atoms with E-state index in [0.29, 0.717) is 22.0 Å². The lowest BCUT2D eigenvalue weighted by Gasteiger charge is -2.23. The highest BCUT2D eigenvalue weighted by molar-refractivity contribution is 6.34. The molecule has 0 spiro atoms. The zero-order chi connectivity index (χ0) is 28.7. The van der Waals surface area contributed by atoms with E-state index in [9.17, 15) is 27.6 Å². The maximum atomic E-state index is 13.0. The lowest BCUT2D eigenvalue weighted by molar-refractivity contribution is -0.137. The Kier molecular flexibility index (Phi) is 9.31. The van der Waals surface area contributed by atoms with Crippen LogP contribution >= 0.6 is 11.6 Å². The zero-order valence-electron chi connectivity index (χ0n) is 21.4. The molecule has 11 heteroatoms.